The molecule has 0 saturated heterocycles. The minimum Gasteiger partial charge on any atom is -0.491 e. The Morgan fingerprint density at radius 2 is 1.57 bits per heavy atom. The largest absolute Gasteiger partial charge is 0.491 e. The highest BCUT2D eigenvalue weighted by molar-refractivity contribution is 6.00. The molecule has 0 unspecified atom stereocenters. The minimum absolute atomic E-state index is 0.139. The summed E-state index contributed by atoms with van der Waals surface area (Å²) in [5, 5.41) is 8.50. The summed E-state index contributed by atoms with van der Waals surface area (Å²) >= 11 is 0. The second-order valence-corrected chi connectivity index (χ2v) is 8.06. The number of esters is 1. The van der Waals surface area contributed by atoms with Gasteiger partial charge in [0.25, 0.3) is 0 Å². The van der Waals surface area contributed by atoms with E-state index in [0.29, 0.717) is 17.0 Å². The lowest BCUT2D eigenvalue weighted by atomic mass is 10.1. The maximum absolute atomic E-state index is 12.4. The molecule has 0 heterocycles. The minimum atomic E-state index is -0.411. The van der Waals surface area contributed by atoms with Crippen molar-refractivity contribution in [3.8, 4) is 5.75 Å². The summed E-state index contributed by atoms with van der Waals surface area (Å²) in [6, 6.07) is 20.7. The summed E-state index contributed by atoms with van der Waals surface area (Å²) in [6.45, 7) is 4.05. The van der Waals surface area contributed by atoms with Crippen molar-refractivity contribution < 1.29 is 23.9 Å². The molecule has 182 valence electrons. The Morgan fingerprint density at radius 3 is 2.23 bits per heavy atom. The average molecular weight is 476 g/mol. The molecule has 3 N–H and O–H groups in total. The lowest BCUT2D eigenvalue weighted by Gasteiger charge is -2.15. The lowest BCUT2D eigenvalue weighted by molar-refractivity contribution is -0.121. The zero-order valence-corrected chi connectivity index (χ0v) is 20.0. The van der Waals surface area contributed by atoms with Gasteiger partial charge in [0.2, 0.25) is 5.91 Å². The van der Waals surface area contributed by atoms with Crippen molar-refractivity contribution in [2.45, 2.75) is 26.3 Å². The fraction of sp³-hybridized carbons (Fsp3) is 0.222. The van der Waals surface area contributed by atoms with Gasteiger partial charge in [0.1, 0.15) is 12.4 Å². The number of ether oxygens (including phenoxy) is 2. The fourth-order valence-corrected chi connectivity index (χ4v) is 3.28. The number of nitrogens with one attached hydrogen (secondary N) is 3. The number of methoxy groups -OCH3 is 1. The smallest absolute Gasteiger partial charge is 0.337 e. The quantitative estimate of drug-likeness (QED) is 0.394. The molecule has 0 aliphatic rings. The van der Waals surface area contributed by atoms with Gasteiger partial charge in [-0.05, 0) is 67.4 Å². The van der Waals surface area contributed by atoms with Crippen LogP contribution in [0.4, 0.5) is 16.2 Å². The van der Waals surface area contributed by atoms with Crippen LogP contribution >= 0.6 is 0 Å². The maximum atomic E-state index is 12.4. The molecule has 0 radical (unpaired) electrons. The van der Waals surface area contributed by atoms with E-state index in [0.717, 1.165) is 16.8 Å². The SMILES string of the molecule is COC(=O)c1ccc(OC[C@H](C)NC(=O)Cc2ccc(NC(=O)Nc3ccccc3C)cc2)cc1. The van der Waals surface area contributed by atoms with Crippen molar-refractivity contribution in [2.75, 3.05) is 24.4 Å². The van der Waals surface area contributed by atoms with Gasteiger partial charge < -0.3 is 25.4 Å². The van der Waals surface area contributed by atoms with Crippen LogP contribution in [0.1, 0.15) is 28.4 Å². The van der Waals surface area contributed by atoms with E-state index in [2.05, 4.69) is 20.7 Å². The van der Waals surface area contributed by atoms with Gasteiger partial charge in [0, 0.05) is 11.4 Å². The van der Waals surface area contributed by atoms with Crippen LogP contribution in [0.5, 0.6) is 5.75 Å². The fourth-order valence-electron chi connectivity index (χ4n) is 3.28. The van der Waals surface area contributed by atoms with Gasteiger partial charge in [-0.2, -0.15) is 0 Å². The Morgan fingerprint density at radius 1 is 0.886 bits per heavy atom. The molecule has 0 aromatic heterocycles. The summed E-state index contributed by atoms with van der Waals surface area (Å²) in [4.78, 5) is 36.1. The number of carbonyl (C=O) groups excluding carboxylic acids is 3. The van der Waals surface area contributed by atoms with Gasteiger partial charge in [-0.25, -0.2) is 9.59 Å². The molecule has 0 saturated carbocycles. The second-order valence-electron chi connectivity index (χ2n) is 8.06. The molecule has 3 aromatic rings. The predicted molar refractivity (Wildman–Crippen MR) is 135 cm³/mol. The Bertz CT molecular complexity index is 1160. The van der Waals surface area contributed by atoms with Crippen LogP contribution in [0.15, 0.2) is 72.8 Å². The molecular weight excluding hydrogens is 446 g/mol. The third-order valence-corrected chi connectivity index (χ3v) is 5.15. The van der Waals surface area contributed by atoms with E-state index in [4.69, 9.17) is 4.74 Å². The number of hydrogen-bond acceptors (Lipinski definition) is 5. The number of urea groups is 1. The number of para-hydroxylation sites is 1. The maximum Gasteiger partial charge on any atom is 0.337 e. The van der Waals surface area contributed by atoms with Crippen LogP contribution in [-0.2, 0) is 16.0 Å². The molecule has 1 atom stereocenters. The normalized spacial score (nSPS) is 11.2. The van der Waals surface area contributed by atoms with Crippen molar-refractivity contribution in [3.05, 3.63) is 89.5 Å². The van der Waals surface area contributed by atoms with Crippen LogP contribution in [0.3, 0.4) is 0 Å². The van der Waals surface area contributed by atoms with E-state index in [9.17, 15) is 14.4 Å². The summed E-state index contributed by atoms with van der Waals surface area (Å²) in [5.74, 6) is 0.0416. The number of carbonyl (C=O) groups is 3. The van der Waals surface area contributed by atoms with Gasteiger partial charge in [-0.1, -0.05) is 30.3 Å². The van der Waals surface area contributed by atoms with E-state index in [-0.39, 0.29) is 31.0 Å². The summed E-state index contributed by atoms with van der Waals surface area (Å²) < 4.78 is 10.3. The number of amides is 3. The van der Waals surface area contributed by atoms with Crippen LogP contribution in [0.25, 0.3) is 0 Å². The first-order valence-electron chi connectivity index (χ1n) is 11.2. The van der Waals surface area contributed by atoms with Crippen molar-refractivity contribution >= 4 is 29.3 Å². The molecule has 3 rings (SSSR count). The Kier molecular flexibility index (Phi) is 8.83. The van der Waals surface area contributed by atoms with Crippen LogP contribution in [0.2, 0.25) is 0 Å². The number of rotatable bonds is 9. The van der Waals surface area contributed by atoms with Crippen LogP contribution in [-0.4, -0.2) is 37.7 Å². The standard InChI is InChI=1S/C27H29N3O5/c1-18-6-4-5-7-24(18)30-27(33)29-22-12-8-20(9-13-22)16-25(31)28-19(2)17-35-23-14-10-21(11-15-23)26(32)34-3/h4-15,19H,16-17H2,1-3H3,(H,28,31)(H2,29,30,33)/t19-/m0/s1. The third kappa shape index (κ3) is 7.89. The summed E-state index contributed by atoms with van der Waals surface area (Å²) in [5.41, 5.74) is 3.60. The number of benzene rings is 3. The molecule has 8 heteroatoms. The van der Waals surface area contributed by atoms with Gasteiger partial charge in [-0.15, -0.1) is 0 Å². The van der Waals surface area contributed by atoms with E-state index < -0.39 is 5.97 Å². The second kappa shape index (κ2) is 12.2. The highest BCUT2D eigenvalue weighted by Crippen LogP contribution is 2.16. The number of hydrogen-bond donors (Lipinski definition) is 3. The van der Waals surface area contributed by atoms with Crippen molar-refractivity contribution in [3.63, 3.8) is 0 Å². The number of anilines is 2. The summed E-state index contributed by atoms with van der Waals surface area (Å²) in [6.07, 6.45) is 0.202. The molecule has 35 heavy (non-hydrogen) atoms. The molecule has 0 aliphatic heterocycles. The van der Waals surface area contributed by atoms with Gasteiger partial charge in [0.15, 0.2) is 0 Å². The molecular formula is C27H29N3O5. The zero-order chi connectivity index (χ0) is 25.2. The van der Waals surface area contributed by atoms with Crippen molar-refractivity contribution in [2.24, 2.45) is 0 Å². The van der Waals surface area contributed by atoms with Crippen LogP contribution in [0, 0.1) is 6.92 Å². The predicted octanol–water partition coefficient (Wildman–Crippen LogP) is 4.55. The first-order chi connectivity index (χ1) is 16.8. The lowest BCUT2D eigenvalue weighted by Crippen LogP contribution is -2.37. The first kappa shape index (κ1) is 25.3. The molecule has 0 aliphatic carbocycles. The van der Waals surface area contributed by atoms with E-state index >= 15 is 0 Å². The van der Waals surface area contributed by atoms with Gasteiger partial charge >= 0.3 is 12.0 Å². The highest BCUT2D eigenvalue weighted by Gasteiger charge is 2.11. The van der Waals surface area contributed by atoms with Crippen molar-refractivity contribution in [1.29, 1.82) is 0 Å². The number of aryl methyl sites for hydroxylation is 1. The molecule has 3 aromatic carbocycles. The van der Waals surface area contributed by atoms with Gasteiger partial charge in [0.05, 0.1) is 25.1 Å². The average Bonchev–Trinajstić information content (AvgIpc) is 2.85. The molecule has 3 amide bonds. The molecule has 0 bridgehead atoms. The molecule has 8 nitrogen and oxygen atoms in total. The monoisotopic (exact) mass is 475 g/mol. The summed E-state index contributed by atoms with van der Waals surface area (Å²) in [7, 11) is 1.33. The van der Waals surface area contributed by atoms with Crippen LogP contribution < -0.4 is 20.7 Å². The Labute approximate surface area is 204 Å². The van der Waals surface area contributed by atoms with Crippen molar-refractivity contribution in [1.82, 2.24) is 5.32 Å². The Hall–Kier alpha value is -4.33. The van der Waals surface area contributed by atoms with E-state index in [1.165, 1.54) is 7.11 Å². The Balaban J connectivity index is 1.42. The topological polar surface area (TPSA) is 106 Å². The van der Waals surface area contributed by atoms with Gasteiger partial charge in [-0.3, -0.25) is 4.79 Å². The molecule has 0 fully saturated rings. The van der Waals surface area contributed by atoms with E-state index in [1.807, 2.05) is 38.1 Å². The molecule has 0 spiro atoms. The highest BCUT2D eigenvalue weighted by atomic mass is 16.5. The first-order valence-corrected chi connectivity index (χ1v) is 11.2. The third-order valence-electron chi connectivity index (χ3n) is 5.15. The van der Waals surface area contributed by atoms with E-state index in [1.54, 1.807) is 48.5 Å². The zero-order valence-electron chi connectivity index (χ0n) is 20.0.